The van der Waals surface area contributed by atoms with Crippen LogP contribution < -0.4 is 21.7 Å². The predicted octanol–water partition coefficient (Wildman–Crippen LogP) is 0.275. The van der Waals surface area contributed by atoms with Crippen LogP contribution in [-0.4, -0.2) is 76.2 Å². The highest BCUT2D eigenvalue weighted by Gasteiger charge is 2.32. The van der Waals surface area contributed by atoms with Crippen molar-refractivity contribution in [2.75, 3.05) is 12.0 Å². The number of benzene rings is 1. The first-order valence-corrected chi connectivity index (χ1v) is 13.0. The van der Waals surface area contributed by atoms with Gasteiger partial charge in [-0.3, -0.25) is 14.4 Å². The molecule has 1 rings (SSSR count). The van der Waals surface area contributed by atoms with E-state index in [1.54, 1.807) is 0 Å². The van der Waals surface area contributed by atoms with Crippen LogP contribution in [-0.2, 0) is 25.6 Å². The molecule has 10 nitrogen and oxygen atoms in total. The van der Waals surface area contributed by atoms with Gasteiger partial charge in [0.1, 0.15) is 18.1 Å². The average molecular weight is 511 g/mol. The van der Waals surface area contributed by atoms with Crippen LogP contribution in [0.15, 0.2) is 30.3 Å². The molecule has 0 aromatic heterocycles. The van der Waals surface area contributed by atoms with E-state index in [1.165, 1.54) is 18.7 Å². The van der Waals surface area contributed by atoms with E-state index in [4.69, 9.17) is 5.73 Å². The lowest BCUT2D eigenvalue weighted by Gasteiger charge is -2.26. The number of carbonyl (C=O) groups excluding carboxylic acids is 3. The molecule has 5 unspecified atom stereocenters. The molecule has 0 aliphatic rings. The maximum absolute atomic E-state index is 12.9. The second-order valence-corrected chi connectivity index (χ2v) is 9.88. The molecule has 0 radical (unpaired) electrons. The minimum atomic E-state index is -1.35. The lowest BCUT2D eigenvalue weighted by molar-refractivity contribution is -0.143. The summed E-state index contributed by atoms with van der Waals surface area (Å²) in [4.78, 5) is 49.9. The lowest BCUT2D eigenvalue weighted by Crippen LogP contribution is -2.60. The quantitative estimate of drug-likeness (QED) is 0.195. The molecule has 196 valence electrons. The topological polar surface area (TPSA) is 171 Å². The molecular weight excluding hydrogens is 472 g/mol. The zero-order valence-electron chi connectivity index (χ0n) is 20.7. The largest absolute Gasteiger partial charge is 0.480 e. The van der Waals surface area contributed by atoms with Crippen molar-refractivity contribution in [2.24, 2.45) is 11.7 Å². The minimum absolute atomic E-state index is 0.0329. The van der Waals surface area contributed by atoms with Gasteiger partial charge >= 0.3 is 5.97 Å². The van der Waals surface area contributed by atoms with Crippen LogP contribution >= 0.6 is 11.8 Å². The molecule has 0 fully saturated rings. The van der Waals surface area contributed by atoms with Crippen molar-refractivity contribution < 1.29 is 29.4 Å². The summed E-state index contributed by atoms with van der Waals surface area (Å²) >= 11 is 1.46. The molecule has 1 aromatic carbocycles. The SMILES string of the molecule is CSCCC(NC(=O)C(NC(=O)C(N)Cc1ccccc1)C(C)O)C(=O)NC(CC(C)C)C(=O)O. The van der Waals surface area contributed by atoms with Gasteiger partial charge in [-0.1, -0.05) is 44.2 Å². The molecule has 0 heterocycles. The summed E-state index contributed by atoms with van der Waals surface area (Å²) < 4.78 is 0. The lowest BCUT2D eigenvalue weighted by atomic mass is 10.0. The fourth-order valence-corrected chi connectivity index (χ4v) is 3.83. The average Bonchev–Trinajstić information content (AvgIpc) is 2.79. The van der Waals surface area contributed by atoms with Gasteiger partial charge in [-0.05, 0) is 49.7 Å². The Bertz CT molecular complexity index is 837. The molecule has 0 aliphatic heterocycles. The van der Waals surface area contributed by atoms with E-state index >= 15 is 0 Å². The second-order valence-electron chi connectivity index (χ2n) is 8.89. The van der Waals surface area contributed by atoms with Crippen LogP contribution in [0.25, 0.3) is 0 Å². The highest BCUT2D eigenvalue weighted by molar-refractivity contribution is 7.98. The molecule has 1 aromatic rings. The van der Waals surface area contributed by atoms with E-state index in [9.17, 15) is 29.4 Å². The third-order valence-electron chi connectivity index (χ3n) is 5.26. The zero-order chi connectivity index (χ0) is 26.5. The number of aliphatic hydroxyl groups excluding tert-OH is 1. The Hall–Kier alpha value is -2.63. The summed E-state index contributed by atoms with van der Waals surface area (Å²) in [7, 11) is 0. The van der Waals surface area contributed by atoms with Crippen molar-refractivity contribution >= 4 is 35.5 Å². The summed E-state index contributed by atoms with van der Waals surface area (Å²) in [6.07, 6.45) is 1.28. The van der Waals surface area contributed by atoms with E-state index in [-0.39, 0.29) is 25.2 Å². The number of carboxylic acids is 1. The third-order valence-corrected chi connectivity index (χ3v) is 5.91. The molecule has 0 saturated heterocycles. The Morgan fingerprint density at radius 3 is 2.06 bits per heavy atom. The summed E-state index contributed by atoms with van der Waals surface area (Å²) in [6, 6.07) is 4.70. The summed E-state index contributed by atoms with van der Waals surface area (Å²) in [5, 5.41) is 27.1. The normalized spacial score (nSPS) is 15.4. The minimum Gasteiger partial charge on any atom is -0.480 e. The van der Waals surface area contributed by atoms with Crippen molar-refractivity contribution in [3.05, 3.63) is 35.9 Å². The van der Waals surface area contributed by atoms with Crippen molar-refractivity contribution in [1.29, 1.82) is 0 Å². The highest BCUT2D eigenvalue weighted by atomic mass is 32.2. The van der Waals surface area contributed by atoms with Crippen LogP contribution in [0.2, 0.25) is 0 Å². The molecule has 0 bridgehead atoms. The first-order valence-electron chi connectivity index (χ1n) is 11.6. The van der Waals surface area contributed by atoms with Gasteiger partial charge in [0.25, 0.3) is 0 Å². The number of hydrogen-bond acceptors (Lipinski definition) is 7. The van der Waals surface area contributed by atoms with Gasteiger partial charge in [0.2, 0.25) is 17.7 Å². The summed E-state index contributed by atoms with van der Waals surface area (Å²) in [5.74, 6) is -2.64. The number of hydrogen-bond donors (Lipinski definition) is 6. The smallest absolute Gasteiger partial charge is 0.326 e. The summed E-state index contributed by atoms with van der Waals surface area (Å²) in [6.45, 7) is 5.02. The predicted molar refractivity (Wildman–Crippen MR) is 136 cm³/mol. The molecular formula is C24H38N4O6S. The molecule has 7 N–H and O–H groups in total. The third kappa shape index (κ3) is 11.1. The van der Waals surface area contributed by atoms with Crippen LogP contribution in [0.3, 0.4) is 0 Å². The van der Waals surface area contributed by atoms with Gasteiger partial charge in [0, 0.05) is 0 Å². The maximum atomic E-state index is 12.9. The number of carbonyl (C=O) groups is 4. The van der Waals surface area contributed by atoms with Crippen LogP contribution in [0.4, 0.5) is 0 Å². The van der Waals surface area contributed by atoms with E-state index < -0.39 is 54.0 Å². The Labute approximate surface area is 210 Å². The van der Waals surface area contributed by atoms with Crippen molar-refractivity contribution in [1.82, 2.24) is 16.0 Å². The van der Waals surface area contributed by atoms with E-state index in [2.05, 4.69) is 16.0 Å². The molecule has 11 heteroatoms. The Morgan fingerprint density at radius 1 is 0.943 bits per heavy atom. The number of aliphatic hydroxyl groups is 1. The number of nitrogens with two attached hydrogens (primary N) is 1. The fourth-order valence-electron chi connectivity index (χ4n) is 3.36. The van der Waals surface area contributed by atoms with Gasteiger partial charge in [0.05, 0.1) is 12.1 Å². The number of amides is 3. The Kier molecular flexibility index (Phi) is 13.4. The van der Waals surface area contributed by atoms with Crippen LogP contribution in [0.1, 0.15) is 39.2 Å². The Morgan fingerprint density at radius 2 is 1.54 bits per heavy atom. The van der Waals surface area contributed by atoms with Gasteiger partial charge in [0.15, 0.2) is 0 Å². The van der Waals surface area contributed by atoms with Crippen molar-refractivity contribution in [3.63, 3.8) is 0 Å². The fraction of sp³-hybridized carbons (Fsp3) is 0.583. The number of nitrogens with one attached hydrogen (secondary N) is 3. The molecule has 5 atom stereocenters. The van der Waals surface area contributed by atoms with E-state index in [0.717, 1.165) is 5.56 Å². The number of carboxylic acid groups (broad SMARTS) is 1. The molecule has 0 spiro atoms. The first-order chi connectivity index (χ1) is 16.5. The number of rotatable bonds is 15. The molecule has 0 saturated carbocycles. The second kappa shape index (κ2) is 15.4. The number of aliphatic carboxylic acids is 1. The monoisotopic (exact) mass is 510 g/mol. The van der Waals surface area contributed by atoms with Gasteiger partial charge in [-0.15, -0.1) is 0 Å². The number of thioether (sulfide) groups is 1. The van der Waals surface area contributed by atoms with Gasteiger partial charge < -0.3 is 31.9 Å². The Balaban J connectivity index is 2.89. The van der Waals surface area contributed by atoms with Gasteiger partial charge in [-0.2, -0.15) is 11.8 Å². The van der Waals surface area contributed by atoms with Gasteiger partial charge in [-0.25, -0.2) is 4.79 Å². The molecule has 3 amide bonds. The first kappa shape index (κ1) is 30.4. The maximum Gasteiger partial charge on any atom is 0.326 e. The van der Waals surface area contributed by atoms with Crippen LogP contribution in [0.5, 0.6) is 0 Å². The van der Waals surface area contributed by atoms with E-state index in [0.29, 0.717) is 5.75 Å². The zero-order valence-corrected chi connectivity index (χ0v) is 21.5. The van der Waals surface area contributed by atoms with Crippen molar-refractivity contribution in [3.8, 4) is 0 Å². The highest BCUT2D eigenvalue weighted by Crippen LogP contribution is 2.08. The van der Waals surface area contributed by atoms with E-state index in [1.807, 2.05) is 50.4 Å². The summed E-state index contributed by atoms with van der Waals surface area (Å²) in [5.41, 5.74) is 6.83. The molecule has 0 aliphatic carbocycles. The standard InChI is InChI=1S/C24H38N4O6S/c1-14(2)12-19(24(33)34)27-22(31)18(10-11-35-4)26-23(32)20(15(3)29)28-21(30)17(25)13-16-8-6-5-7-9-16/h5-9,14-15,17-20,29H,10-13,25H2,1-4H3,(H,26,32)(H,27,31)(H,28,30)(H,33,34). The van der Waals surface area contributed by atoms with Crippen molar-refractivity contribution in [2.45, 2.75) is 70.3 Å². The molecule has 35 heavy (non-hydrogen) atoms. The van der Waals surface area contributed by atoms with Crippen LogP contribution in [0, 0.1) is 5.92 Å².